The van der Waals surface area contributed by atoms with Crippen molar-refractivity contribution in [2.24, 2.45) is 7.05 Å². The number of ether oxygens (including phenoxy) is 1. The lowest BCUT2D eigenvalue weighted by Crippen LogP contribution is -2.20. The number of nitrogens with one attached hydrogen (secondary N) is 1. The zero-order valence-corrected chi connectivity index (χ0v) is 14.0. The maximum absolute atomic E-state index is 13.4. The van der Waals surface area contributed by atoms with Crippen molar-refractivity contribution >= 4 is 23.6 Å². The number of nitrogens with zero attached hydrogens (tertiary/aromatic N) is 2. The van der Waals surface area contributed by atoms with Gasteiger partial charge < -0.3 is 10.1 Å². The molecule has 1 heterocycles. The second kappa shape index (κ2) is 7.69. The summed E-state index contributed by atoms with van der Waals surface area (Å²) in [5.74, 6) is -3.00. The number of carbonyl (C=O) groups excluding carboxylic acids is 2. The summed E-state index contributed by atoms with van der Waals surface area (Å²) in [7, 11) is 1.79. The minimum absolute atomic E-state index is 0.321. The Hall–Kier alpha value is -3.03. The summed E-state index contributed by atoms with van der Waals surface area (Å²) in [5, 5.41) is 6.34. The number of halogens is 2. The van der Waals surface area contributed by atoms with E-state index < -0.39 is 30.1 Å². The molecule has 0 aliphatic rings. The first-order chi connectivity index (χ1) is 11.8. The van der Waals surface area contributed by atoms with Gasteiger partial charge in [-0.15, -0.1) is 0 Å². The Bertz CT molecular complexity index is 844. The second-order valence-corrected chi connectivity index (χ2v) is 5.32. The summed E-state index contributed by atoms with van der Waals surface area (Å²) in [4.78, 5) is 23.3. The lowest BCUT2D eigenvalue weighted by molar-refractivity contribution is -0.142. The molecule has 0 fully saturated rings. The molecule has 8 heteroatoms. The van der Waals surface area contributed by atoms with E-state index in [9.17, 15) is 18.4 Å². The monoisotopic (exact) mass is 349 g/mol. The SMILES string of the molecule is Cc1nn(C)c(C)c1/C=C/C(=O)OCC(=O)Nc1cc(F)ccc1F. The van der Waals surface area contributed by atoms with Crippen LogP contribution in [-0.2, 0) is 21.4 Å². The lowest BCUT2D eigenvalue weighted by atomic mass is 10.2. The van der Waals surface area contributed by atoms with Gasteiger partial charge in [0.15, 0.2) is 6.61 Å². The Kier molecular flexibility index (Phi) is 5.63. The largest absolute Gasteiger partial charge is 0.452 e. The predicted molar refractivity (Wildman–Crippen MR) is 87.7 cm³/mol. The van der Waals surface area contributed by atoms with Crippen LogP contribution < -0.4 is 5.32 Å². The number of aromatic nitrogens is 2. The van der Waals surface area contributed by atoms with Crippen molar-refractivity contribution in [3.05, 3.63) is 52.9 Å². The summed E-state index contributed by atoms with van der Waals surface area (Å²) >= 11 is 0. The fraction of sp³-hybridized carbons (Fsp3) is 0.235. The third-order valence-electron chi connectivity index (χ3n) is 3.50. The zero-order valence-electron chi connectivity index (χ0n) is 14.0. The molecule has 1 amide bonds. The van der Waals surface area contributed by atoms with E-state index >= 15 is 0 Å². The molecule has 0 radical (unpaired) electrons. The molecule has 0 aliphatic heterocycles. The van der Waals surface area contributed by atoms with Crippen molar-refractivity contribution in [3.63, 3.8) is 0 Å². The smallest absolute Gasteiger partial charge is 0.331 e. The zero-order chi connectivity index (χ0) is 18.6. The summed E-state index contributed by atoms with van der Waals surface area (Å²) in [5.41, 5.74) is 2.09. The van der Waals surface area contributed by atoms with Crippen LogP contribution in [0.15, 0.2) is 24.3 Å². The number of anilines is 1. The summed E-state index contributed by atoms with van der Waals surface area (Å²) in [6.45, 7) is 3.04. The normalized spacial score (nSPS) is 10.9. The van der Waals surface area contributed by atoms with Crippen LogP contribution in [0, 0.1) is 25.5 Å². The molecule has 2 rings (SSSR count). The minimum atomic E-state index is -0.788. The van der Waals surface area contributed by atoms with Crippen molar-refractivity contribution < 1.29 is 23.1 Å². The van der Waals surface area contributed by atoms with Gasteiger partial charge in [0.05, 0.1) is 11.4 Å². The van der Waals surface area contributed by atoms with Crippen LogP contribution in [0.2, 0.25) is 0 Å². The van der Waals surface area contributed by atoms with E-state index in [2.05, 4.69) is 10.4 Å². The Morgan fingerprint density at radius 3 is 2.68 bits per heavy atom. The standard InChI is InChI=1S/C17H17F2N3O3/c1-10-13(11(2)22(3)21-10)5-7-17(24)25-9-16(23)20-15-8-12(18)4-6-14(15)19/h4-8H,9H2,1-3H3,(H,20,23)/b7-5+. The second-order valence-electron chi connectivity index (χ2n) is 5.32. The van der Waals surface area contributed by atoms with Gasteiger partial charge in [-0.25, -0.2) is 13.6 Å². The molecule has 0 saturated heterocycles. The number of aryl methyl sites for hydroxylation is 2. The van der Waals surface area contributed by atoms with Crippen LogP contribution in [0.5, 0.6) is 0 Å². The van der Waals surface area contributed by atoms with Gasteiger partial charge in [-0.2, -0.15) is 5.10 Å². The topological polar surface area (TPSA) is 73.2 Å². The number of esters is 1. The highest BCUT2D eigenvalue weighted by Crippen LogP contribution is 2.15. The van der Waals surface area contributed by atoms with Crippen molar-refractivity contribution in [2.45, 2.75) is 13.8 Å². The number of rotatable bonds is 5. The third kappa shape index (κ3) is 4.72. The highest BCUT2D eigenvalue weighted by molar-refractivity contribution is 5.94. The van der Waals surface area contributed by atoms with Crippen LogP contribution in [0.3, 0.4) is 0 Å². The molecule has 0 aliphatic carbocycles. The van der Waals surface area contributed by atoms with Gasteiger partial charge >= 0.3 is 5.97 Å². The summed E-state index contributed by atoms with van der Waals surface area (Å²) in [6.07, 6.45) is 2.72. The molecule has 1 aromatic carbocycles. The Balaban J connectivity index is 1.90. The highest BCUT2D eigenvalue weighted by atomic mass is 19.1. The molecule has 6 nitrogen and oxygen atoms in total. The van der Waals surface area contributed by atoms with Crippen molar-refractivity contribution in [2.75, 3.05) is 11.9 Å². The summed E-state index contributed by atoms with van der Waals surface area (Å²) in [6, 6.07) is 2.65. The van der Waals surface area contributed by atoms with Crippen molar-refractivity contribution in [1.29, 1.82) is 0 Å². The fourth-order valence-electron chi connectivity index (χ4n) is 2.15. The first kappa shape index (κ1) is 18.3. The van der Waals surface area contributed by atoms with Crippen LogP contribution in [0.25, 0.3) is 6.08 Å². The van der Waals surface area contributed by atoms with Crippen LogP contribution in [-0.4, -0.2) is 28.3 Å². The molecule has 0 saturated carbocycles. The number of carbonyl (C=O) groups is 2. The Morgan fingerprint density at radius 1 is 1.32 bits per heavy atom. The van der Waals surface area contributed by atoms with Crippen LogP contribution >= 0.6 is 0 Å². The highest BCUT2D eigenvalue weighted by Gasteiger charge is 2.11. The molecular weight excluding hydrogens is 332 g/mol. The average molecular weight is 349 g/mol. The molecule has 0 atom stereocenters. The molecular formula is C17H17F2N3O3. The van der Waals surface area contributed by atoms with Gasteiger partial charge in [0.2, 0.25) is 0 Å². The van der Waals surface area contributed by atoms with E-state index in [-0.39, 0.29) is 5.69 Å². The molecule has 25 heavy (non-hydrogen) atoms. The summed E-state index contributed by atoms with van der Waals surface area (Å²) < 4.78 is 32.9. The quantitative estimate of drug-likeness (QED) is 0.665. The van der Waals surface area contributed by atoms with E-state index in [1.165, 1.54) is 6.08 Å². The average Bonchev–Trinajstić information content (AvgIpc) is 2.79. The van der Waals surface area contributed by atoms with E-state index in [0.29, 0.717) is 0 Å². The molecule has 1 N–H and O–H groups in total. The van der Waals surface area contributed by atoms with E-state index in [1.807, 2.05) is 6.92 Å². The van der Waals surface area contributed by atoms with Gasteiger partial charge in [-0.3, -0.25) is 9.48 Å². The van der Waals surface area contributed by atoms with Crippen LogP contribution in [0.1, 0.15) is 17.0 Å². The predicted octanol–water partition coefficient (Wildman–Crippen LogP) is 2.51. The van der Waals surface area contributed by atoms with E-state index in [1.54, 1.807) is 24.7 Å². The Labute approximate surface area is 143 Å². The maximum Gasteiger partial charge on any atom is 0.331 e. The number of amides is 1. The molecule has 2 aromatic rings. The Morgan fingerprint density at radius 2 is 2.04 bits per heavy atom. The third-order valence-corrected chi connectivity index (χ3v) is 3.50. The van der Waals surface area contributed by atoms with Gasteiger partial charge in [-0.05, 0) is 32.1 Å². The number of hydrogen-bond donors (Lipinski definition) is 1. The first-order valence-electron chi connectivity index (χ1n) is 7.38. The van der Waals surface area contributed by atoms with Gasteiger partial charge in [-0.1, -0.05) is 0 Å². The first-order valence-corrected chi connectivity index (χ1v) is 7.38. The molecule has 132 valence electrons. The fourth-order valence-corrected chi connectivity index (χ4v) is 2.15. The van der Waals surface area contributed by atoms with E-state index in [4.69, 9.17) is 4.74 Å². The minimum Gasteiger partial charge on any atom is -0.452 e. The molecule has 1 aromatic heterocycles. The lowest BCUT2D eigenvalue weighted by Gasteiger charge is -2.06. The van der Waals surface area contributed by atoms with Crippen LogP contribution in [0.4, 0.5) is 14.5 Å². The van der Waals surface area contributed by atoms with Crippen molar-refractivity contribution in [3.8, 4) is 0 Å². The van der Waals surface area contributed by atoms with Gasteiger partial charge in [0.25, 0.3) is 5.91 Å². The van der Waals surface area contributed by atoms with Crippen molar-refractivity contribution in [1.82, 2.24) is 9.78 Å². The molecule has 0 bridgehead atoms. The maximum atomic E-state index is 13.4. The van der Waals surface area contributed by atoms with E-state index in [0.717, 1.165) is 35.2 Å². The molecule has 0 spiro atoms. The van der Waals surface area contributed by atoms with Gasteiger partial charge in [0, 0.05) is 30.4 Å². The number of hydrogen-bond acceptors (Lipinski definition) is 4. The van der Waals surface area contributed by atoms with Gasteiger partial charge in [0.1, 0.15) is 11.6 Å². The number of benzene rings is 1. The molecule has 0 unspecified atom stereocenters.